The molecule has 178 valence electrons. The number of para-hydroxylation sites is 2. The second-order valence-corrected chi connectivity index (χ2v) is 8.57. The van der Waals surface area contributed by atoms with Crippen LogP contribution in [-0.2, 0) is 11.0 Å². The van der Waals surface area contributed by atoms with E-state index in [-0.39, 0.29) is 11.4 Å². The van der Waals surface area contributed by atoms with Crippen LogP contribution >= 0.6 is 11.6 Å². The third kappa shape index (κ3) is 5.29. The van der Waals surface area contributed by atoms with Crippen molar-refractivity contribution >= 4 is 28.9 Å². The van der Waals surface area contributed by atoms with E-state index in [0.29, 0.717) is 26.2 Å². The highest BCUT2D eigenvalue weighted by Gasteiger charge is 2.36. The molecule has 9 heteroatoms. The van der Waals surface area contributed by atoms with Crippen molar-refractivity contribution in [3.63, 3.8) is 0 Å². The number of carbonyl (C=O) groups is 1. The molecule has 0 radical (unpaired) electrons. The molecule has 3 aromatic carbocycles. The second-order valence-electron chi connectivity index (χ2n) is 8.16. The molecule has 3 N–H and O–H groups in total. The Morgan fingerprint density at radius 3 is 2.29 bits per heavy atom. The summed E-state index contributed by atoms with van der Waals surface area (Å²) in [5.41, 5.74) is 0.556. The van der Waals surface area contributed by atoms with Crippen LogP contribution in [0.5, 0.6) is 5.75 Å². The number of quaternary nitrogens is 1. The highest BCUT2D eigenvalue weighted by molar-refractivity contribution is 6.31. The first-order valence-corrected chi connectivity index (χ1v) is 11.2. The van der Waals surface area contributed by atoms with E-state index >= 15 is 0 Å². The van der Waals surface area contributed by atoms with E-state index < -0.39 is 28.7 Å². The summed E-state index contributed by atoms with van der Waals surface area (Å²) in [6.45, 7) is 2.44. The maximum atomic E-state index is 13.4. The van der Waals surface area contributed by atoms with Crippen LogP contribution in [0.4, 0.5) is 24.5 Å². The third-order valence-corrected chi connectivity index (χ3v) is 6.30. The van der Waals surface area contributed by atoms with Crippen molar-refractivity contribution in [3.05, 3.63) is 88.9 Å². The fraction of sp³-hybridized carbons (Fsp3) is 0.240. The predicted molar refractivity (Wildman–Crippen MR) is 125 cm³/mol. The molecule has 1 heterocycles. The zero-order chi connectivity index (χ0) is 24.3. The van der Waals surface area contributed by atoms with Gasteiger partial charge in [0.2, 0.25) is 0 Å². The first-order valence-electron chi connectivity index (χ1n) is 10.8. The van der Waals surface area contributed by atoms with Gasteiger partial charge in [0.05, 0.1) is 42.5 Å². The van der Waals surface area contributed by atoms with E-state index in [1.807, 2.05) is 42.5 Å². The molecule has 1 aliphatic rings. The third-order valence-electron chi connectivity index (χ3n) is 5.97. The molecule has 1 aliphatic heterocycles. The van der Waals surface area contributed by atoms with Crippen molar-refractivity contribution in [1.82, 2.24) is 0 Å². The van der Waals surface area contributed by atoms with Crippen LogP contribution in [-0.4, -0.2) is 37.2 Å². The summed E-state index contributed by atoms with van der Waals surface area (Å²) in [6, 6.07) is 19.0. The molecule has 1 saturated heterocycles. The number of anilines is 2. The lowest BCUT2D eigenvalue weighted by molar-refractivity contribution is -0.922. The number of hydrogen-bond acceptors (Lipinski definition) is 3. The molecule has 1 fully saturated rings. The molecule has 4 rings (SSSR count). The number of amides is 1. The average Bonchev–Trinajstić information content (AvgIpc) is 2.81. The highest BCUT2D eigenvalue weighted by atomic mass is 35.5. The van der Waals surface area contributed by atoms with Crippen molar-refractivity contribution in [2.75, 3.05) is 36.4 Å². The fourth-order valence-electron chi connectivity index (χ4n) is 4.31. The smallest absolute Gasteiger partial charge is 0.417 e. The van der Waals surface area contributed by atoms with E-state index in [1.165, 1.54) is 6.07 Å². The predicted octanol–water partition coefficient (Wildman–Crippen LogP) is 4.15. The maximum Gasteiger partial charge on any atom is 0.417 e. The largest absolute Gasteiger partial charge is 0.506 e. The van der Waals surface area contributed by atoms with Gasteiger partial charge in [-0.05, 0) is 30.3 Å². The molecule has 0 aliphatic carbocycles. The zero-order valence-corrected chi connectivity index (χ0v) is 18.9. The Morgan fingerprint density at radius 2 is 1.65 bits per heavy atom. The summed E-state index contributed by atoms with van der Waals surface area (Å²) in [5, 5.41) is 12.4. The molecule has 1 amide bonds. The first kappa shape index (κ1) is 23.9. The Kier molecular flexibility index (Phi) is 7.00. The Bertz CT molecular complexity index is 1150. The number of halogens is 4. The highest BCUT2D eigenvalue weighted by Crippen LogP contribution is 2.36. The van der Waals surface area contributed by atoms with Crippen molar-refractivity contribution in [1.29, 1.82) is 0 Å². The molecule has 0 unspecified atom stereocenters. The van der Waals surface area contributed by atoms with E-state index in [9.17, 15) is 23.1 Å². The van der Waals surface area contributed by atoms with Gasteiger partial charge in [-0.1, -0.05) is 54.1 Å². The summed E-state index contributed by atoms with van der Waals surface area (Å²) in [7, 11) is 0. The van der Waals surface area contributed by atoms with Gasteiger partial charge in [-0.2, -0.15) is 13.2 Å². The Morgan fingerprint density at radius 1 is 1.00 bits per heavy atom. The number of piperazine rings is 1. The normalized spacial score (nSPS) is 15.7. The van der Waals surface area contributed by atoms with Gasteiger partial charge >= 0.3 is 6.18 Å². The summed E-state index contributed by atoms with van der Waals surface area (Å²) < 4.78 is 39.8. The van der Waals surface area contributed by atoms with E-state index in [0.717, 1.165) is 28.3 Å². The number of rotatable bonds is 5. The number of carbonyl (C=O) groups excluding carboxylic acids is 1. The van der Waals surface area contributed by atoms with Crippen LogP contribution < -0.4 is 15.1 Å². The van der Waals surface area contributed by atoms with Crippen LogP contribution in [0.1, 0.15) is 17.2 Å². The molecule has 1 atom stereocenters. The van der Waals surface area contributed by atoms with Gasteiger partial charge in [0.15, 0.2) is 6.04 Å². The van der Waals surface area contributed by atoms with Crippen LogP contribution in [0.25, 0.3) is 0 Å². The second kappa shape index (κ2) is 9.95. The molecule has 5 nitrogen and oxygen atoms in total. The standard InChI is InChI=1S/C25H23ClF3N3O2/c26-20-11-10-18(16-19(20)25(27,28)29)30-24(34)23(17-6-2-1-3-7-17)32-14-12-31(13-15-32)21-8-4-5-9-22(21)33/h1-11,16,23,33H,12-15H2,(H,30,34)/p+1/t23-/m0/s1. The molecule has 0 spiro atoms. The number of alkyl halides is 3. The number of hydrogen-bond donors (Lipinski definition) is 3. The minimum absolute atomic E-state index is 0.0369. The lowest BCUT2D eigenvalue weighted by atomic mass is 10.0. The maximum absolute atomic E-state index is 13.4. The monoisotopic (exact) mass is 490 g/mol. The van der Waals surface area contributed by atoms with E-state index in [4.69, 9.17) is 11.6 Å². The van der Waals surface area contributed by atoms with Crippen LogP contribution in [0.2, 0.25) is 5.02 Å². The van der Waals surface area contributed by atoms with Gasteiger partial charge in [0.1, 0.15) is 5.75 Å². The Hall–Kier alpha value is -3.23. The molecular weight excluding hydrogens is 467 g/mol. The van der Waals surface area contributed by atoms with Crippen molar-refractivity contribution in [2.24, 2.45) is 0 Å². The summed E-state index contributed by atoms with van der Waals surface area (Å²) in [4.78, 5) is 16.4. The van der Waals surface area contributed by atoms with Gasteiger partial charge in [-0.15, -0.1) is 0 Å². The van der Waals surface area contributed by atoms with Gasteiger partial charge in [-0.25, -0.2) is 0 Å². The Labute approximate surface area is 200 Å². The Balaban J connectivity index is 1.55. The SMILES string of the molecule is O=C(Nc1ccc(Cl)c(C(F)(F)F)c1)[C@H](c1ccccc1)[NH+]1CCN(c2ccccc2O)CC1. The molecule has 34 heavy (non-hydrogen) atoms. The number of benzene rings is 3. The van der Waals surface area contributed by atoms with E-state index in [2.05, 4.69) is 10.2 Å². The van der Waals surface area contributed by atoms with Gasteiger partial charge in [0, 0.05) is 11.3 Å². The zero-order valence-electron chi connectivity index (χ0n) is 18.1. The van der Waals surface area contributed by atoms with E-state index in [1.54, 1.807) is 12.1 Å². The first-order chi connectivity index (χ1) is 16.2. The fourth-order valence-corrected chi connectivity index (χ4v) is 4.53. The summed E-state index contributed by atoms with van der Waals surface area (Å²) in [5.74, 6) is -0.195. The van der Waals surface area contributed by atoms with Gasteiger partial charge in [-0.3, -0.25) is 4.79 Å². The average molecular weight is 491 g/mol. The molecule has 0 aromatic heterocycles. The van der Waals surface area contributed by atoms with Gasteiger partial charge < -0.3 is 20.2 Å². The quantitative estimate of drug-likeness (QED) is 0.503. The number of nitrogens with zero attached hydrogens (tertiary/aromatic N) is 1. The minimum atomic E-state index is -4.62. The topological polar surface area (TPSA) is 57.0 Å². The van der Waals surface area contributed by atoms with Crippen LogP contribution in [0.3, 0.4) is 0 Å². The molecule has 0 saturated carbocycles. The number of nitrogens with one attached hydrogen (secondary N) is 2. The molecule has 0 bridgehead atoms. The molecule has 3 aromatic rings. The summed E-state index contributed by atoms with van der Waals surface area (Å²) >= 11 is 5.71. The van der Waals surface area contributed by atoms with Gasteiger partial charge in [0.25, 0.3) is 5.91 Å². The van der Waals surface area contributed by atoms with Crippen LogP contribution in [0, 0.1) is 0 Å². The number of phenols is 1. The summed E-state index contributed by atoms with van der Waals surface area (Å²) in [6.07, 6.45) is -4.62. The molecular formula is C25H24ClF3N3O2+. The van der Waals surface area contributed by atoms with Crippen LogP contribution in [0.15, 0.2) is 72.8 Å². The van der Waals surface area contributed by atoms with Crippen molar-refractivity contribution in [3.8, 4) is 5.75 Å². The number of aromatic hydroxyl groups is 1. The number of phenolic OH excluding ortho intramolecular Hbond substituents is 1. The van der Waals surface area contributed by atoms with Crippen molar-refractivity contribution in [2.45, 2.75) is 12.2 Å². The lowest BCUT2D eigenvalue weighted by Crippen LogP contribution is -3.16. The van der Waals surface area contributed by atoms with Crippen molar-refractivity contribution < 1.29 is 28.0 Å². The lowest BCUT2D eigenvalue weighted by Gasteiger charge is -2.37. The minimum Gasteiger partial charge on any atom is -0.506 e.